The van der Waals surface area contributed by atoms with Gasteiger partial charge in [-0.25, -0.2) is 22.2 Å². The Morgan fingerprint density at radius 2 is 1.63 bits per heavy atom. The Kier molecular flexibility index (Phi) is 8.45. The summed E-state index contributed by atoms with van der Waals surface area (Å²) in [6.45, 7) is 2.03. The van der Waals surface area contributed by atoms with Crippen LogP contribution in [-0.2, 0) is 22.6 Å². The predicted octanol–water partition coefficient (Wildman–Crippen LogP) is 4.08. The van der Waals surface area contributed by atoms with Crippen molar-refractivity contribution in [2.75, 3.05) is 63.1 Å². The van der Waals surface area contributed by atoms with Crippen molar-refractivity contribution in [3.05, 3.63) is 77.1 Å². The second-order valence-electron chi connectivity index (χ2n) is 11.5. The van der Waals surface area contributed by atoms with E-state index in [1.807, 2.05) is 11.9 Å². The van der Waals surface area contributed by atoms with E-state index in [1.54, 1.807) is 11.0 Å². The van der Waals surface area contributed by atoms with Crippen molar-refractivity contribution in [2.45, 2.75) is 12.7 Å². The molecule has 0 radical (unpaired) electrons. The lowest BCUT2D eigenvalue weighted by molar-refractivity contribution is -0.138. The Morgan fingerprint density at radius 1 is 0.957 bits per heavy atom. The molecule has 2 aromatic carbocycles. The number of anilines is 2. The standard InChI is InChI=1S/C30H30F5N7O3S/c1-39-6-8-41(9-7-39)28(43)22-3-2-20(14-24(22)30(33,34)35)37-29-36-17-19-4-5-42(27(19)38-29)21-15-25(31)23(26(32)16-21)18-40-10-12-46(44,45)13-11-40/h2-5,14-17H,6-13,18H2,1H3,(H,36,37,38). The van der Waals surface area contributed by atoms with Crippen LogP contribution in [0, 0.1) is 11.6 Å². The number of aromatic nitrogens is 3. The molecular weight excluding hydrogens is 633 g/mol. The number of likely N-dealkylation sites (N-methyl/N-ethyl adjacent to an activating group) is 1. The summed E-state index contributed by atoms with van der Waals surface area (Å²) >= 11 is 0. The maximum Gasteiger partial charge on any atom is 0.417 e. The van der Waals surface area contributed by atoms with Gasteiger partial charge in [0.1, 0.15) is 17.3 Å². The largest absolute Gasteiger partial charge is 0.417 e. The first kappa shape index (κ1) is 31.8. The van der Waals surface area contributed by atoms with Gasteiger partial charge in [-0.05, 0) is 43.4 Å². The second-order valence-corrected chi connectivity index (χ2v) is 13.8. The van der Waals surface area contributed by atoms with Gasteiger partial charge in [0.05, 0.1) is 28.3 Å². The van der Waals surface area contributed by atoms with Gasteiger partial charge in [-0.2, -0.15) is 18.2 Å². The van der Waals surface area contributed by atoms with Crippen molar-refractivity contribution in [3.8, 4) is 5.69 Å². The van der Waals surface area contributed by atoms with Gasteiger partial charge in [0.2, 0.25) is 5.95 Å². The lowest BCUT2D eigenvalue weighted by Gasteiger charge is -2.33. The number of benzene rings is 2. The van der Waals surface area contributed by atoms with E-state index in [0.29, 0.717) is 31.6 Å². The number of carbonyl (C=O) groups excluding carboxylic acids is 1. The van der Waals surface area contributed by atoms with Crippen molar-refractivity contribution >= 4 is 38.4 Å². The summed E-state index contributed by atoms with van der Waals surface area (Å²) in [7, 11) is -1.27. The van der Waals surface area contributed by atoms with Crippen LogP contribution < -0.4 is 5.32 Å². The number of hydrogen-bond donors (Lipinski definition) is 1. The van der Waals surface area contributed by atoms with Gasteiger partial charge in [0.15, 0.2) is 9.84 Å². The van der Waals surface area contributed by atoms with Gasteiger partial charge in [-0.15, -0.1) is 0 Å². The summed E-state index contributed by atoms with van der Waals surface area (Å²) in [5, 5.41) is 3.26. The number of hydrogen-bond acceptors (Lipinski definition) is 8. The first-order valence-corrected chi connectivity index (χ1v) is 16.3. The fourth-order valence-electron chi connectivity index (χ4n) is 5.55. The van der Waals surface area contributed by atoms with Crippen molar-refractivity contribution in [3.63, 3.8) is 0 Å². The number of sulfone groups is 1. The smallest absolute Gasteiger partial charge is 0.336 e. The van der Waals surface area contributed by atoms with Gasteiger partial charge >= 0.3 is 6.18 Å². The Morgan fingerprint density at radius 3 is 2.28 bits per heavy atom. The molecule has 244 valence electrons. The molecule has 4 heterocycles. The molecule has 2 aromatic heterocycles. The lowest BCUT2D eigenvalue weighted by Crippen LogP contribution is -2.47. The molecule has 2 fully saturated rings. The highest BCUT2D eigenvalue weighted by molar-refractivity contribution is 7.91. The average Bonchev–Trinajstić information content (AvgIpc) is 3.42. The van der Waals surface area contributed by atoms with Gasteiger partial charge in [0, 0.05) is 74.8 Å². The summed E-state index contributed by atoms with van der Waals surface area (Å²) in [6.07, 6.45) is -1.85. The summed E-state index contributed by atoms with van der Waals surface area (Å²) in [6, 6.07) is 7.20. The molecule has 10 nitrogen and oxygen atoms in total. The minimum atomic E-state index is -4.80. The van der Waals surface area contributed by atoms with E-state index in [0.717, 1.165) is 24.3 Å². The Bertz CT molecular complexity index is 1870. The van der Waals surface area contributed by atoms with Crippen LogP contribution in [0.2, 0.25) is 0 Å². The summed E-state index contributed by atoms with van der Waals surface area (Å²) in [5.41, 5.74) is -1.39. The maximum atomic E-state index is 15.2. The zero-order valence-electron chi connectivity index (χ0n) is 24.7. The minimum Gasteiger partial charge on any atom is -0.336 e. The number of piperazine rings is 1. The molecule has 2 aliphatic heterocycles. The van der Waals surface area contributed by atoms with Crippen LogP contribution in [0.3, 0.4) is 0 Å². The van der Waals surface area contributed by atoms with Crippen molar-refractivity contribution in [1.29, 1.82) is 0 Å². The lowest BCUT2D eigenvalue weighted by atomic mass is 10.0. The molecule has 6 rings (SSSR count). The average molecular weight is 664 g/mol. The number of rotatable bonds is 6. The van der Waals surface area contributed by atoms with E-state index in [-0.39, 0.29) is 59.7 Å². The van der Waals surface area contributed by atoms with Crippen LogP contribution >= 0.6 is 0 Å². The topological polar surface area (TPSA) is 104 Å². The van der Waals surface area contributed by atoms with Crippen molar-refractivity contribution in [2.24, 2.45) is 0 Å². The van der Waals surface area contributed by atoms with E-state index >= 15 is 8.78 Å². The summed E-state index contributed by atoms with van der Waals surface area (Å²) < 4.78 is 97.4. The number of nitrogens with one attached hydrogen (secondary N) is 1. The van der Waals surface area contributed by atoms with Crippen LogP contribution in [0.1, 0.15) is 21.5 Å². The second kappa shape index (κ2) is 12.2. The zero-order valence-corrected chi connectivity index (χ0v) is 25.5. The Labute approximate surface area is 261 Å². The molecule has 0 aliphatic carbocycles. The third-order valence-corrected chi connectivity index (χ3v) is 9.86. The van der Waals surface area contributed by atoms with Gasteiger partial charge < -0.3 is 19.7 Å². The molecular formula is C30H30F5N7O3S. The monoisotopic (exact) mass is 663 g/mol. The molecule has 4 aromatic rings. The van der Waals surface area contributed by atoms with E-state index in [2.05, 4.69) is 15.3 Å². The van der Waals surface area contributed by atoms with Crippen LogP contribution in [0.15, 0.2) is 48.8 Å². The molecule has 0 atom stereocenters. The zero-order chi connectivity index (χ0) is 32.8. The summed E-state index contributed by atoms with van der Waals surface area (Å²) in [5.74, 6) is -2.55. The highest BCUT2D eigenvalue weighted by atomic mass is 32.2. The third-order valence-electron chi connectivity index (χ3n) is 8.25. The van der Waals surface area contributed by atoms with Crippen LogP contribution in [0.25, 0.3) is 16.7 Å². The van der Waals surface area contributed by atoms with E-state index in [1.165, 1.54) is 27.9 Å². The fraction of sp³-hybridized carbons (Fsp3) is 0.367. The van der Waals surface area contributed by atoms with Crippen LogP contribution in [-0.4, -0.2) is 101 Å². The Hall–Kier alpha value is -4.15. The molecule has 1 N–H and O–H groups in total. The first-order chi connectivity index (χ1) is 21.8. The first-order valence-electron chi connectivity index (χ1n) is 14.5. The van der Waals surface area contributed by atoms with Gasteiger partial charge in [-0.3, -0.25) is 9.69 Å². The molecule has 2 aliphatic rings. The maximum absolute atomic E-state index is 15.2. The molecule has 16 heteroatoms. The van der Waals surface area contributed by atoms with E-state index in [9.17, 15) is 26.4 Å². The van der Waals surface area contributed by atoms with Gasteiger partial charge in [0.25, 0.3) is 5.91 Å². The van der Waals surface area contributed by atoms with Gasteiger partial charge in [-0.1, -0.05) is 0 Å². The Balaban J connectivity index is 1.25. The highest BCUT2D eigenvalue weighted by Crippen LogP contribution is 2.35. The van der Waals surface area contributed by atoms with E-state index < -0.39 is 44.7 Å². The minimum absolute atomic E-state index is 0.00772. The molecule has 0 unspecified atom stereocenters. The highest BCUT2D eigenvalue weighted by Gasteiger charge is 2.37. The molecule has 0 saturated carbocycles. The molecule has 2 saturated heterocycles. The molecule has 1 amide bonds. The van der Waals surface area contributed by atoms with Crippen molar-refractivity contribution < 1.29 is 35.2 Å². The SMILES string of the molecule is CN1CCN(C(=O)c2ccc(Nc3ncc4ccn(-c5cc(F)c(CN6CCS(=O)(=O)CC6)c(F)c5)c4n3)cc2C(F)(F)F)CC1. The molecule has 0 spiro atoms. The molecule has 0 bridgehead atoms. The number of carbonyl (C=O) groups is 1. The van der Waals surface area contributed by atoms with E-state index in [4.69, 9.17) is 0 Å². The normalized spacial score (nSPS) is 17.8. The molecule has 46 heavy (non-hydrogen) atoms. The van der Waals surface area contributed by atoms with Crippen molar-refractivity contribution in [1.82, 2.24) is 29.2 Å². The number of amides is 1. The van der Waals surface area contributed by atoms with Crippen LogP contribution in [0.5, 0.6) is 0 Å². The predicted molar refractivity (Wildman–Crippen MR) is 161 cm³/mol. The summed E-state index contributed by atoms with van der Waals surface area (Å²) in [4.78, 5) is 26.6. The number of fused-ring (bicyclic) bond motifs is 1. The fourth-order valence-corrected chi connectivity index (χ4v) is 6.83. The van der Waals surface area contributed by atoms with Crippen LogP contribution in [0.4, 0.5) is 33.6 Å². The number of halogens is 5. The third kappa shape index (κ3) is 6.69. The quantitative estimate of drug-likeness (QED) is 0.308. The number of nitrogens with zero attached hydrogens (tertiary/aromatic N) is 6. The number of alkyl halides is 3.